The Hall–Kier alpha value is -1.67. The van der Waals surface area contributed by atoms with E-state index in [1.54, 1.807) is 6.92 Å². The Bertz CT molecular complexity index is 384. The van der Waals surface area contributed by atoms with Gasteiger partial charge < -0.3 is 4.74 Å². The Labute approximate surface area is 81.2 Å². The molecule has 4 heteroatoms. The number of carbonyl (C=O) groups excluding carboxylic acids is 1. The molecule has 0 saturated heterocycles. The molecule has 1 rings (SSSR count). The summed E-state index contributed by atoms with van der Waals surface area (Å²) in [5, 5.41) is 0. The fourth-order valence-electron chi connectivity index (χ4n) is 1.15. The third-order valence-corrected chi connectivity index (χ3v) is 1.88. The second-order valence-corrected chi connectivity index (χ2v) is 2.82. The second kappa shape index (κ2) is 4.53. The normalized spacial score (nSPS) is 9.36. The molecule has 0 atom stereocenters. The van der Waals surface area contributed by atoms with Crippen LogP contribution in [0.3, 0.4) is 0 Å². The molecule has 1 aromatic carbocycles. The van der Waals surface area contributed by atoms with E-state index < -0.39 is 0 Å². The zero-order valence-corrected chi connectivity index (χ0v) is 8.00. The smallest absolute Gasteiger partial charge is 0.235 e. The number of aliphatic imine (C=N–C) groups is 1. The SMILES string of the molecule is COc1cc(CN=C=O)c(F)cc1C. The lowest BCUT2D eigenvalue weighted by atomic mass is 10.1. The zero-order chi connectivity index (χ0) is 10.6. The fourth-order valence-corrected chi connectivity index (χ4v) is 1.15. The highest BCUT2D eigenvalue weighted by atomic mass is 19.1. The van der Waals surface area contributed by atoms with Crippen molar-refractivity contribution < 1.29 is 13.9 Å². The van der Waals surface area contributed by atoms with E-state index >= 15 is 0 Å². The molecule has 1 aromatic rings. The van der Waals surface area contributed by atoms with Crippen LogP contribution in [-0.2, 0) is 11.3 Å². The monoisotopic (exact) mass is 195 g/mol. The van der Waals surface area contributed by atoms with E-state index in [0.29, 0.717) is 16.9 Å². The van der Waals surface area contributed by atoms with Gasteiger partial charge in [0.25, 0.3) is 0 Å². The number of methoxy groups -OCH3 is 1. The molecule has 14 heavy (non-hydrogen) atoms. The van der Waals surface area contributed by atoms with Crippen molar-refractivity contribution in [2.24, 2.45) is 4.99 Å². The molecule has 3 nitrogen and oxygen atoms in total. The fraction of sp³-hybridized carbons (Fsp3) is 0.300. The third kappa shape index (κ3) is 2.18. The van der Waals surface area contributed by atoms with Crippen LogP contribution in [0.15, 0.2) is 17.1 Å². The number of halogens is 1. The van der Waals surface area contributed by atoms with Crippen molar-refractivity contribution in [2.45, 2.75) is 13.5 Å². The maximum absolute atomic E-state index is 13.2. The van der Waals surface area contributed by atoms with E-state index in [1.165, 1.54) is 25.3 Å². The van der Waals surface area contributed by atoms with E-state index in [9.17, 15) is 9.18 Å². The number of rotatable bonds is 3. The highest BCUT2D eigenvalue weighted by Gasteiger charge is 2.06. The highest BCUT2D eigenvalue weighted by molar-refractivity contribution is 5.39. The molecule has 0 aromatic heterocycles. The third-order valence-electron chi connectivity index (χ3n) is 1.88. The molecular weight excluding hydrogens is 185 g/mol. The molecule has 0 aliphatic heterocycles. The summed E-state index contributed by atoms with van der Waals surface area (Å²) < 4.78 is 18.3. The Morgan fingerprint density at radius 1 is 1.57 bits per heavy atom. The Kier molecular flexibility index (Phi) is 3.37. The molecule has 0 amide bonds. The van der Waals surface area contributed by atoms with Crippen molar-refractivity contribution in [3.63, 3.8) is 0 Å². The van der Waals surface area contributed by atoms with Crippen molar-refractivity contribution >= 4 is 6.08 Å². The Balaban J connectivity index is 3.10. The van der Waals surface area contributed by atoms with Gasteiger partial charge in [-0.2, -0.15) is 0 Å². The molecule has 0 fully saturated rings. The van der Waals surface area contributed by atoms with Gasteiger partial charge in [-0.05, 0) is 24.6 Å². The van der Waals surface area contributed by atoms with Gasteiger partial charge in [0.2, 0.25) is 6.08 Å². The number of hydrogen-bond donors (Lipinski definition) is 0. The molecule has 0 spiro atoms. The van der Waals surface area contributed by atoms with Crippen LogP contribution < -0.4 is 4.74 Å². The van der Waals surface area contributed by atoms with E-state index in [4.69, 9.17) is 4.74 Å². The summed E-state index contributed by atoms with van der Waals surface area (Å²) in [5.41, 5.74) is 1.04. The molecule has 0 saturated carbocycles. The molecule has 0 unspecified atom stereocenters. The highest BCUT2D eigenvalue weighted by Crippen LogP contribution is 2.22. The van der Waals surface area contributed by atoms with Crippen molar-refractivity contribution in [3.8, 4) is 5.75 Å². The molecule has 0 N–H and O–H groups in total. The van der Waals surface area contributed by atoms with Crippen LogP contribution in [0.5, 0.6) is 5.75 Å². The molecule has 0 aliphatic rings. The summed E-state index contributed by atoms with van der Waals surface area (Å²) in [6.07, 6.45) is 1.36. The predicted molar refractivity (Wildman–Crippen MR) is 49.5 cm³/mol. The largest absolute Gasteiger partial charge is 0.496 e. The van der Waals surface area contributed by atoms with Crippen LogP contribution in [0.2, 0.25) is 0 Å². The van der Waals surface area contributed by atoms with Crippen LogP contribution in [0.25, 0.3) is 0 Å². The number of hydrogen-bond acceptors (Lipinski definition) is 3. The summed E-state index contributed by atoms with van der Waals surface area (Å²) in [6, 6.07) is 2.89. The number of isocyanates is 1. The minimum Gasteiger partial charge on any atom is -0.496 e. The molecule has 0 heterocycles. The van der Waals surface area contributed by atoms with Crippen LogP contribution in [-0.4, -0.2) is 13.2 Å². The summed E-state index contributed by atoms with van der Waals surface area (Å²) in [7, 11) is 1.51. The predicted octanol–water partition coefficient (Wildman–Crippen LogP) is 1.98. The van der Waals surface area contributed by atoms with Crippen molar-refractivity contribution in [1.82, 2.24) is 0 Å². The van der Waals surface area contributed by atoms with Crippen LogP contribution >= 0.6 is 0 Å². The van der Waals surface area contributed by atoms with E-state index in [1.807, 2.05) is 0 Å². The topological polar surface area (TPSA) is 38.7 Å². The Morgan fingerprint density at radius 2 is 2.29 bits per heavy atom. The average molecular weight is 195 g/mol. The first-order chi connectivity index (χ1) is 6.69. The lowest BCUT2D eigenvalue weighted by molar-refractivity contribution is 0.409. The first-order valence-electron chi connectivity index (χ1n) is 4.05. The van der Waals surface area contributed by atoms with Gasteiger partial charge in [-0.15, -0.1) is 0 Å². The van der Waals surface area contributed by atoms with Crippen molar-refractivity contribution in [1.29, 1.82) is 0 Å². The molecule has 74 valence electrons. The van der Waals surface area contributed by atoms with Gasteiger partial charge in [0.15, 0.2) is 0 Å². The van der Waals surface area contributed by atoms with Crippen LogP contribution in [0.1, 0.15) is 11.1 Å². The quantitative estimate of drug-likeness (QED) is 0.546. The summed E-state index contributed by atoms with van der Waals surface area (Å²) in [5.74, 6) is 0.199. The molecule has 0 aliphatic carbocycles. The van der Waals surface area contributed by atoms with E-state index in [0.717, 1.165) is 0 Å². The lowest BCUT2D eigenvalue weighted by Crippen LogP contribution is -1.94. The summed E-state index contributed by atoms with van der Waals surface area (Å²) in [4.78, 5) is 13.2. The van der Waals surface area contributed by atoms with Gasteiger partial charge in [0.05, 0.1) is 13.7 Å². The molecule has 0 radical (unpaired) electrons. The number of nitrogens with zero attached hydrogens (tertiary/aromatic N) is 1. The van der Waals surface area contributed by atoms with Gasteiger partial charge in [-0.1, -0.05) is 0 Å². The standard InChI is InChI=1S/C10H10FNO2/c1-7-3-9(11)8(5-12-6-13)4-10(7)14-2/h3-4H,5H2,1-2H3. The summed E-state index contributed by atoms with van der Waals surface area (Å²) >= 11 is 0. The van der Waals surface area contributed by atoms with Crippen LogP contribution in [0.4, 0.5) is 4.39 Å². The van der Waals surface area contributed by atoms with Gasteiger partial charge in [-0.3, -0.25) is 0 Å². The molecule has 0 bridgehead atoms. The Morgan fingerprint density at radius 3 is 2.86 bits per heavy atom. The average Bonchev–Trinajstić information content (AvgIpc) is 2.17. The van der Waals surface area contributed by atoms with Crippen molar-refractivity contribution in [3.05, 3.63) is 29.1 Å². The number of ether oxygens (including phenoxy) is 1. The maximum atomic E-state index is 13.2. The lowest BCUT2D eigenvalue weighted by Gasteiger charge is -2.06. The number of aryl methyl sites for hydroxylation is 1. The van der Waals surface area contributed by atoms with Gasteiger partial charge in [0, 0.05) is 5.56 Å². The van der Waals surface area contributed by atoms with Crippen LogP contribution in [0, 0.1) is 12.7 Å². The first kappa shape index (κ1) is 10.4. The van der Waals surface area contributed by atoms with E-state index in [-0.39, 0.29) is 12.4 Å². The first-order valence-corrected chi connectivity index (χ1v) is 4.05. The zero-order valence-electron chi connectivity index (χ0n) is 8.00. The summed E-state index contributed by atoms with van der Waals surface area (Å²) in [6.45, 7) is 1.74. The minimum absolute atomic E-state index is 0.00796. The van der Waals surface area contributed by atoms with E-state index in [2.05, 4.69) is 4.99 Å². The molecular formula is C10H10FNO2. The van der Waals surface area contributed by atoms with Gasteiger partial charge in [0.1, 0.15) is 11.6 Å². The maximum Gasteiger partial charge on any atom is 0.235 e. The van der Waals surface area contributed by atoms with Gasteiger partial charge in [-0.25, -0.2) is 14.2 Å². The van der Waals surface area contributed by atoms with Crippen molar-refractivity contribution in [2.75, 3.05) is 7.11 Å². The minimum atomic E-state index is -0.387. The second-order valence-electron chi connectivity index (χ2n) is 2.82. The number of benzene rings is 1. The van der Waals surface area contributed by atoms with Gasteiger partial charge >= 0.3 is 0 Å².